The average molecular weight is 331 g/mol. The Morgan fingerprint density at radius 1 is 0.840 bits per heavy atom. The van der Waals surface area contributed by atoms with E-state index >= 15 is 0 Å². The van der Waals surface area contributed by atoms with Crippen LogP contribution in [0.4, 0.5) is 0 Å². The average Bonchev–Trinajstić information content (AvgIpc) is 2.68. The lowest BCUT2D eigenvalue weighted by molar-refractivity contribution is 0.0784. The molecule has 0 aromatic heterocycles. The van der Waals surface area contributed by atoms with Gasteiger partial charge in [0.05, 0.1) is 7.11 Å². The summed E-state index contributed by atoms with van der Waals surface area (Å²) in [6, 6.07) is 25.6. The maximum absolute atomic E-state index is 12.7. The number of ether oxygens (including phenoxy) is 1. The van der Waals surface area contributed by atoms with E-state index in [0.29, 0.717) is 12.1 Å². The van der Waals surface area contributed by atoms with Gasteiger partial charge in [0.25, 0.3) is 5.91 Å². The van der Waals surface area contributed by atoms with Gasteiger partial charge < -0.3 is 9.64 Å². The van der Waals surface area contributed by atoms with Crippen molar-refractivity contribution in [2.75, 3.05) is 14.2 Å². The fourth-order valence-corrected chi connectivity index (χ4v) is 2.82. The fourth-order valence-electron chi connectivity index (χ4n) is 2.82. The molecule has 126 valence electrons. The number of carbonyl (C=O) groups is 1. The summed E-state index contributed by atoms with van der Waals surface area (Å²) in [4.78, 5) is 14.4. The SMILES string of the molecule is COc1ccccc1CN(C)C(=O)c1ccc(-c2ccccc2)cc1. The van der Waals surface area contributed by atoms with Gasteiger partial charge in [0, 0.05) is 24.7 Å². The Balaban J connectivity index is 1.74. The number of nitrogens with zero attached hydrogens (tertiary/aromatic N) is 1. The molecule has 0 unspecified atom stereocenters. The first-order valence-electron chi connectivity index (χ1n) is 8.22. The van der Waals surface area contributed by atoms with Gasteiger partial charge in [-0.3, -0.25) is 4.79 Å². The molecule has 0 fully saturated rings. The van der Waals surface area contributed by atoms with Gasteiger partial charge in [-0.2, -0.15) is 0 Å². The first kappa shape index (κ1) is 16.8. The summed E-state index contributed by atoms with van der Waals surface area (Å²) >= 11 is 0. The van der Waals surface area contributed by atoms with Crippen LogP contribution in [-0.2, 0) is 6.54 Å². The quantitative estimate of drug-likeness (QED) is 0.682. The van der Waals surface area contributed by atoms with E-state index in [4.69, 9.17) is 4.74 Å². The van der Waals surface area contributed by atoms with Crippen molar-refractivity contribution in [1.29, 1.82) is 0 Å². The Morgan fingerprint density at radius 2 is 1.44 bits per heavy atom. The van der Waals surface area contributed by atoms with Crippen molar-refractivity contribution in [2.45, 2.75) is 6.54 Å². The predicted octanol–water partition coefficient (Wildman–Crippen LogP) is 4.63. The van der Waals surface area contributed by atoms with Crippen LogP contribution in [0.15, 0.2) is 78.9 Å². The van der Waals surface area contributed by atoms with E-state index in [0.717, 1.165) is 22.4 Å². The topological polar surface area (TPSA) is 29.5 Å². The minimum absolute atomic E-state index is 0.00878. The predicted molar refractivity (Wildman–Crippen MR) is 101 cm³/mol. The number of carbonyl (C=O) groups excluding carboxylic acids is 1. The second kappa shape index (κ2) is 7.67. The molecule has 0 atom stereocenters. The molecule has 0 bridgehead atoms. The van der Waals surface area contributed by atoms with Crippen LogP contribution < -0.4 is 4.74 Å². The minimum Gasteiger partial charge on any atom is -0.496 e. The number of hydrogen-bond donors (Lipinski definition) is 0. The molecule has 0 aliphatic carbocycles. The van der Waals surface area contributed by atoms with Crippen LogP contribution in [0.1, 0.15) is 15.9 Å². The maximum atomic E-state index is 12.7. The third-order valence-corrected chi connectivity index (χ3v) is 4.19. The number of amides is 1. The molecule has 0 aliphatic rings. The van der Waals surface area contributed by atoms with Gasteiger partial charge in [0.15, 0.2) is 0 Å². The minimum atomic E-state index is -0.00878. The van der Waals surface area contributed by atoms with Crippen LogP contribution in [0.2, 0.25) is 0 Å². The summed E-state index contributed by atoms with van der Waals surface area (Å²) in [6.07, 6.45) is 0. The molecule has 3 aromatic rings. The van der Waals surface area contributed by atoms with Crippen molar-refractivity contribution >= 4 is 5.91 Å². The lowest BCUT2D eigenvalue weighted by Gasteiger charge is -2.19. The van der Waals surface area contributed by atoms with Gasteiger partial charge in [-0.15, -0.1) is 0 Å². The highest BCUT2D eigenvalue weighted by Gasteiger charge is 2.14. The van der Waals surface area contributed by atoms with Crippen molar-refractivity contribution in [2.24, 2.45) is 0 Å². The van der Waals surface area contributed by atoms with Gasteiger partial charge in [0.2, 0.25) is 0 Å². The lowest BCUT2D eigenvalue weighted by atomic mass is 10.0. The van der Waals surface area contributed by atoms with E-state index in [1.54, 1.807) is 19.1 Å². The molecule has 25 heavy (non-hydrogen) atoms. The molecule has 3 heteroatoms. The van der Waals surface area contributed by atoms with Crippen LogP contribution in [0.25, 0.3) is 11.1 Å². The van der Waals surface area contributed by atoms with Crippen molar-refractivity contribution in [3.05, 3.63) is 90.0 Å². The molecule has 0 saturated heterocycles. The number of methoxy groups -OCH3 is 1. The molecule has 0 saturated carbocycles. The van der Waals surface area contributed by atoms with Crippen molar-refractivity contribution < 1.29 is 9.53 Å². The third-order valence-electron chi connectivity index (χ3n) is 4.19. The van der Waals surface area contributed by atoms with E-state index < -0.39 is 0 Å². The zero-order chi connectivity index (χ0) is 17.6. The normalized spacial score (nSPS) is 10.3. The number of benzene rings is 3. The number of rotatable bonds is 5. The monoisotopic (exact) mass is 331 g/mol. The van der Waals surface area contributed by atoms with E-state index in [1.807, 2.05) is 66.7 Å². The van der Waals surface area contributed by atoms with E-state index in [-0.39, 0.29) is 5.91 Å². The summed E-state index contributed by atoms with van der Waals surface area (Å²) in [5.41, 5.74) is 3.91. The van der Waals surface area contributed by atoms with Gasteiger partial charge in [-0.25, -0.2) is 0 Å². The second-order valence-electron chi connectivity index (χ2n) is 5.92. The molecule has 0 spiro atoms. The zero-order valence-electron chi connectivity index (χ0n) is 14.5. The fraction of sp³-hybridized carbons (Fsp3) is 0.136. The molecule has 3 rings (SSSR count). The van der Waals surface area contributed by atoms with Gasteiger partial charge in [-0.05, 0) is 29.3 Å². The van der Waals surface area contributed by atoms with Crippen LogP contribution in [0.5, 0.6) is 5.75 Å². The summed E-state index contributed by atoms with van der Waals surface area (Å²) in [7, 11) is 3.45. The largest absolute Gasteiger partial charge is 0.496 e. The van der Waals surface area contributed by atoms with Crippen LogP contribution >= 0.6 is 0 Å². The lowest BCUT2D eigenvalue weighted by Crippen LogP contribution is -2.26. The van der Waals surface area contributed by atoms with Crippen molar-refractivity contribution in [1.82, 2.24) is 4.90 Å². The van der Waals surface area contributed by atoms with Gasteiger partial charge in [-0.1, -0.05) is 60.7 Å². The Bertz CT molecular complexity index is 841. The zero-order valence-corrected chi connectivity index (χ0v) is 14.5. The highest BCUT2D eigenvalue weighted by Crippen LogP contribution is 2.22. The first-order valence-corrected chi connectivity index (χ1v) is 8.22. The molecule has 1 amide bonds. The number of para-hydroxylation sites is 1. The van der Waals surface area contributed by atoms with Crippen molar-refractivity contribution in [3.63, 3.8) is 0 Å². The Labute approximate surface area is 148 Å². The highest BCUT2D eigenvalue weighted by atomic mass is 16.5. The van der Waals surface area contributed by atoms with Gasteiger partial charge in [0.1, 0.15) is 5.75 Å². The molecule has 0 aliphatic heterocycles. The summed E-state index contributed by atoms with van der Waals surface area (Å²) < 4.78 is 5.36. The summed E-state index contributed by atoms with van der Waals surface area (Å²) in [5.74, 6) is 0.784. The Hall–Kier alpha value is -3.07. The van der Waals surface area contributed by atoms with E-state index in [2.05, 4.69) is 12.1 Å². The summed E-state index contributed by atoms with van der Waals surface area (Å²) in [6.45, 7) is 0.503. The first-order chi connectivity index (χ1) is 12.2. The summed E-state index contributed by atoms with van der Waals surface area (Å²) in [5, 5.41) is 0. The Morgan fingerprint density at radius 3 is 2.12 bits per heavy atom. The van der Waals surface area contributed by atoms with Crippen molar-refractivity contribution in [3.8, 4) is 16.9 Å². The molecule has 3 aromatic carbocycles. The molecular weight excluding hydrogens is 310 g/mol. The highest BCUT2D eigenvalue weighted by molar-refractivity contribution is 5.94. The van der Waals surface area contributed by atoms with E-state index in [9.17, 15) is 4.79 Å². The van der Waals surface area contributed by atoms with Gasteiger partial charge >= 0.3 is 0 Å². The van der Waals surface area contributed by atoms with Crippen LogP contribution in [0.3, 0.4) is 0 Å². The van der Waals surface area contributed by atoms with Crippen LogP contribution in [0, 0.1) is 0 Å². The molecule has 0 N–H and O–H groups in total. The molecule has 0 radical (unpaired) electrons. The standard InChI is InChI=1S/C22H21NO2/c1-23(16-20-10-6-7-11-21(20)25-2)22(24)19-14-12-18(13-15-19)17-8-4-3-5-9-17/h3-15H,16H2,1-2H3. The molecular formula is C22H21NO2. The second-order valence-corrected chi connectivity index (χ2v) is 5.92. The Kier molecular flexibility index (Phi) is 5.14. The molecule has 3 nitrogen and oxygen atoms in total. The molecule has 0 heterocycles. The van der Waals surface area contributed by atoms with E-state index in [1.165, 1.54) is 0 Å². The van der Waals surface area contributed by atoms with Crippen LogP contribution in [-0.4, -0.2) is 25.0 Å². The number of hydrogen-bond acceptors (Lipinski definition) is 2. The third kappa shape index (κ3) is 3.89. The smallest absolute Gasteiger partial charge is 0.253 e. The maximum Gasteiger partial charge on any atom is 0.253 e.